The molecule has 0 atom stereocenters. The van der Waals surface area contributed by atoms with Crippen LogP contribution < -0.4 is 16.0 Å². The second-order valence-corrected chi connectivity index (χ2v) is 5.64. The van der Waals surface area contributed by atoms with Gasteiger partial charge in [-0.15, -0.1) is 0 Å². The second kappa shape index (κ2) is 6.36. The molecule has 0 radical (unpaired) electrons. The predicted octanol–water partition coefficient (Wildman–Crippen LogP) is 4.52. The molecule has 3 rings (SSSR count). The number of benzene rings is 2. The molecule has 0 fully saturated rings. The SMILES string of the molecule is Nc1cc(Cl)c(Oc2ccc(=O)n(-c3ccccc3)c2)c(Cl)c1. The number of para-hydroxylation sites is 1. The number of pyridine rings is 1. The number of hydrogen-bond donors (Lipinski definition) is 1. The maximum Gasteiger partial charge on any atom is 0.255 e. The van der Waals surface area contributed by atoms with Crippen LogP contribution in [0.15, 0.2) is 65.6 Å². The van der Waals surface area contributed by atoms with Crippen LogP contribution in [0, 0.1) is 0 Å². The van der Waals surface area contributed by atoms with Crippen LogP contribution in [0.3, 0.4) is 0 Å². The monoisotopic (exact) mass is 346 g/mol. The molecule has 0 amide bonds. The summed E-state index contributed by atoms with van der Waals surface area (Å²) in [5.41, 5.74) is 6.68. The highest BCUT2D eigenvalue weighted by atomic mass is 35.5. The molecule has 116 valence electrons. The number of nitrogens with zero attached hydrogens (tertiary/aromatic N) is 1. The van der Waals surface area contributed by atoms with Crippen molar-refractivity contribution in [2.45, 2.75) is 0 Å². The van der Waals surface area contributed by atoms with Crippen molar-refractivity contribution in [3.8, 4) is 17.2 Å². The fraction of sp³-hybridized carbons (Fsp3) is 0. The number of nitrogen functional groups attached to an aromatic ring is 1. The van der Waals surface area contributed by atoms with Gasteiger partial charge < -0.3 is 10.5 Å². The second-order valence-electron chi connectivity index (χ2n) is 4.82. The number of aromatic nitrogens is 1. The summed E-state index contributed by atoms with van der Waals surface area (Å²) in [6.07, 6.45) is 1.58. The van der Waals surface area contributed by atoms with E-state index in [0.717, 1.165) is 5.69 Å². The van der Waals surface area contributed by atoms with Gasteiger partial charge in [0.1, 0.15) is 5.75 Å². The zero-order chi connectivity index (χ0) is 16.4. The molecule has 0 saturated heterocycles. The molecule has 1 heterocycles. The van der Waals surface area contributed by atoms with Crippen LogP contribution in [0.25, 0.3) is 5.69 Å². The van der Waals surface area contributed by atoms with Crippen LogP contribution >= 0.6 is 23.2 Å². The van der Waals surface area contributed by atoms with Gasteiger partial charge in [-0.1, -0.05) is 41.4 Å². The van der Waals surface area contributed by atoms with E-state index in [1.165, 1.54) is 10.6 Å². The van der Waals surface area contributed by atoms with E-state index in [2.05, 4.69) is 0 Å². The van der Waals surface area contributed by atoms with Gasteiger partial charge in [-0.2, -0.15) is 0 Å². The van der Waals surface area contributed by atoms with Crippen molar-refractivity contribution in [3.63, 3.8) is 0 Å². The Kier molecular flexibility index (Phi) is 4.28. The lowest BCUT2D eigenvalue weighted by Crippen LogP contribution is -2.16. The van der Waals surface area contributed by atoms with Gasteiger partial charge in [0.15, 0.2) is 5.75 Å². The topological polar surface area (TPSA) is 57.2 Å². The average molecular weight is 347 g/mol. The largest absolute Gasteiger partial charge is 0.453 e. The van der Waals surface area contributed by atoms with Crippen molar-refractivity contribution < 1.29 is 4.74 Å². The Morgan fingerprint density at radius 1 is 0.957 bits per heavy atom. The molecule has 2 N–H and O–H groups in total. The molecule has 4 nitrogen and oxygen atoms in total. The van der Waals surface area contributed by atoms with Gasteiger partial charge in [-0.05, 0) is 30.3 Å². The van der Waals surface area contributed by atoms with Gasteiger partial charge in [0, 0.05) is 17.4 Å². The maximum atomic E-state index is 12.0. The predicted molar refractivity (Wildman–Crippen MR) is 93.0 cm³/mol. The van der Waals surface area contributed by atoms with E-state index in [1.54, 1.807) is 24.4 Å². The first-order valence-corrected chi connectivity index (χ1v) is 7.51. The molecule has 0 aliphatic carbocycles. The molecule has 0 aliphatic heterocycles. The van der Waals surface area contributed by atoms with Crippen molar-refractivity contribution in [2.75, 3.05) is 5.73 Å². The van der Waals surface area contributed by atoms with Crippen LogP contribution in [0.2, 0.25) is 10.0 Å². The Morgan fingerprint density at radius 2 is 1.61 bits per heavy atom. The van der Waals surface area contributed by atoms with E-state index >= 15 is 0 Å². The maximum absolute atomic E-state index is 12.0. The van der Waals surface area contributed by atoms with Crippen LogP contribution in [-0.4, -0.2) is 4.57 Å². The molecular weight excluding hydrogens is 335 g/mol. The minimum absolute atomic E-state index is 0.168. The lowest BCUT2D eigenvalue weighted by Gasteiger charge is -2.12. The summed E-state index contributed by atoms with van der Waals surface area (Å²) in [5.74, 6) is 0.725. The number of hydrogen-bond acceptors (Lipinski definition) is 3. The fourth-order valence-corrected chi connectivity index (χ4v) is 2.69. The van der Waals surface area contributed by atoms with Crippen LogP contribution in [-0.2, 0) is 0 Å². The van der Waals surface area contributed by atoms with E-state index < -0.39 is 0 Å². The van der Waals surface area contributed by atoms with E-state index in [4.69, 9.17) is 33.7 Å². The van der Waals surface area contributed by atoms with Crippen molar-refractivity contribution in [2.24, 2.45) is 0 Å². The zero-order valence-electron chi connectivity index (χ0n) is 11.9. The van der Waals surface area contributed by atoms with Gasteiger partial charge in [0.2, 0.25) is 0 Å². The number of ether oxygens (including phenoxy) is 1. The van der Waals surface area contributed by atoms with Gasteiger partial charge >= 0.3 is 0 Å². The summed E-state index contributed by atoms with van der Waals surface area (Å²) in [5, 5.41) is 0.597. The lowest BCUT2D eigenvalue weighted by molar-refractivity contribution is 0.478. The van der Waals surface area contributed by atoms with Crippen molar-refractivity contribution >= 4 is 28.9 Å². The number of anilines is 1. The standard InChI is InChI=1S/C17H12Cl2N2O2/c18-14-8-11(20)9-15(19)17(14)23-13-6-7-16(22)21(10-13)12-4-2-1-3-5-12/h1-10H,20H2. The summed E-state index contributed by atoms with van der Waals surface area (Å²) in [6.45, 7) is 0. The highest BCUT2D eigenvalue weighted by molar-refractivity contribution is 6.37. The molecule has 0 aliphatic rings. The minimum Gasteiger partial charge on any atom is -0.453 e. The van der Waals surface area contributed by atoms with Crippen molar-refractivity contribution in [1.29, 1.82) is 0 Å². The molecule has 0 unspecified atom stereocenters. The Labute approximate surface area is 142 Å². The third-order valence-corrected chi connectivity index (χ3v) is 3.72. The fourth-order valence-electron chi connectivity index (χ4n) is 2.11. The van der Waals surface area contributed by atoms with E-state index in [9.17, 15) is 4.79 Å². The molecule has 1 aromatic heterocycles. The molecule has 2 aromatic carbocycles. The first-order chi connectivity index (χ1) is 11.0. The third-order valence-electron chi connectivity index (χ3n) is 3.16. The van der Waals surface area contributed by atoms with Crippen LogP contribution in [0.4, 0.5) is 5.69 Å². The molecule has 0 spiro atoms. The van der Waals surface area contributed by atoms with Crippen LogP contribution in [0.5, 0.6) is 11.5 Å². The first kappa shape index (κ1) is 15.5. The highest BCUT2D eigenvalue weighted by Gasteiger charge is 2.11. The average Bonchev–Trinajstić information content (AvgIpc) is 2.53. The lowest BCUT2D eigenvalue weighted by atomic mass is 10.3. The highest BCUT2D eigenvalue weighted by Crippen LogP contribution is 2.37. The van der Waals surface area contributed by atoms with Gasteiger partial charge in [-0.3, -0.25) is 9.36 Å². The molecule has 23 heavy (non-hydrogen) atoms. The minimum atomic E-state index is -0.168. The molecule has 3 aromatic rings. The number of halogens is 2. The smallest absolute Gasteiger partial charge is 0.255 e. The van der Waals surface area contributed by atoms with Gasteiger partial charge in [0.25, 0.3) is 5.56 Å². The third kappa shape index (κ3) is 3.33. The first-order valence-electron chi connectivity index (χ1n) is 6.75. The summed E-state index contributed by atoms with van der Waals surface area (Å²) in [4.78, 5) is 12.0. The quantitative estimate of drug-likeness (QED) is 0.709. The summed E-state index contributed by atoms with van der Waals surface area (Å²) < 4.78 is 7.21. The van der Waals surface area contributed by atoms with Crippen LogP contribution in [0.1, 0.15) is 0 Å². The summed E-state index contributed by atoms with van der Waals surface area (Å²) >= 11 is 12.2. The number of rotatable bonds is 3. The Balaban J connectivity index is 2.01. The zero-order valence-corrected chi connectivity index (χ0v) is 13.4. The Bertz CT molecular complexity index is 885. The molecular formula is C17H12Cl2N2O2. The van der Waals surface area contributed by atoms with Gasteiger partial charge in [0.05, 0.1) is 16.2 Å². The molecule has 0 bridgehead atoms. The van der Waals surface area contributed by atoms with Crippen molar-refractivity contribution in [3.05, 3.63) is 81.2 Å². The van der Waals surface area contributed by atoms with E-state index in [-0.39, 0.29) is 5.56 Å². The molecule has 0 saturated carbocycles. The van der Waals surface area contributed by atoms with E-state index in [0.29, 0.717) is 27.2 Å². The molecule has 6 heteroatoms. The Hall–Kier alpha value is -2.43. The van der Waals surface area contributed by atoms with Gasteiger partial charge in [-0.25, -0.2) is 0 Å². The summed E-state index contributed by atoms with van der Waals surface area (Å²) in [7, 11) is 0. The normalized spacial score (nSPS) is 10.5. The van der Waals surface area contributed by atoms with E-state index in [1.807, 2.05) is 30.3 Å². The van der Waals surface area contributed by atoms with Crippen molar-refractivity contribution in [1.82, 2.24) is 4.57 Å². The summed E-state index contributed by atoms with van der Waals surface area (Å²) in [6, 6.07) is 15.3. The Morgan fingerprint density at radius 3 is 2.26 bits per heavy atom. The number of nitrogens with two attached hydrogens (primary N) is 1.